The summed E-state index contributed by atoms with van der Waals surface area (Å²) in [7, 11) is 0. The van der Waals surface area contributed by atoms with Crippen LogP contribution in [0.2, 0.25) is 0 Å². The fourth-order valence-corrected chi connectivity index (χ4v) is 1.18. The van der Waals surface area contributed by atoms with E-state index in [0.717, 1.165) is 12.8 Å². The molecule has 0 aliphatic rings. The molecule has 0 radical (unpaired) electrons. The SMILES string of the molecule is CCCCc1c(N=C(N)N)[nH][nH]c1=O. The van der Waals surface area contributed by atoms with Crippen LogP contribution >= 0.6 is 0 Å². The standard InChI is InChI=1S/C8H15N5O/c1-2-3-4-5-6(11-8(9)10)12-13-7(5)14/h2-4H2,1H3,(H6,9,10,11,12,13,14). The lowest BCUT2D eigenvalue weighted by Gasteiger charge is -1.96. The third-order valence-electron chi connectivity index (χ3n) is 1.88. The zero-order valence-corrected chi connectivity index (χ0v) is 8.13. The van der Waals surface area contributed by atoms with E-state index in [1.807, 2.05) is 0 Å². The van der Waals surface area contributed by atoms with E-state index < -0.39 is 0 Å². The van der Waals surface area contributed by atoms with Crippen LogP contribution in [0.15, 0.2) is 9.79 Å². The molecule has 6 N–H and O–H groups in total. The molecule has 1 aromatic heterocycles. The normalized spacial score (nSPS) is 10.1. The van der Waals surface area contributed by atoms with Gasteiger partial charge in [-0.15, -0.1) is 0 Å². The second-order valence-electron chi connectivity index (χ2n) is 3.05. The third kappa shape index (κ3) is 2.38. The van der Waals surface area contributed by atoms with Crippen LogP contribution in [0.5, 0.6) is 0 Å². The van der Waals surface area contributed by atoms with Crippen LogP contribution < -0.4 is 17.0 Å². The predicted molar refractivity (Wildman–Crippen MR) is 55.5 cm³/mol. The highest BCUT2D eigenvalue weighted by molar-refractivity contribution is 5.78. The summed E-state index contributed by atoms with van der Waals surface area (Å²) in [5.41, 5.74) is 10.9. The first-order valence-electron chi connectivity index (χ1n) is 4.54. The Morgan fingerprint density at radius 3 is 2.71 bits per heavy atom. The van der Waals surface area contributed by atoms with Gasteiger partial charge in [0.2, 0.25) is 0 Å². The molecular formula is C8H15N5O. The van der Waals surface area contributed by atoms with Crippen molar-refractivity contribution in [2.24, 2.45) is 16.5 Å². The van der Waals surface area contributed by atoms with Crippen molar-refractivity contribution in [3.63, 3.8) is 0 Å². The van der Waals surface area contributed by atoms with Crippen molar-refractivity contribution in [2.75, 3.05) is 0 Å². The number of guanidine groups is 1. The lowest BCUT2D eigenvalue weighted by atomic mass is 10.1. The number of aromatic nitrogens is 2. The summed E-state index contributed by atoms with van der Waals surface area (Å²) in [6, 6.07) is 0. The second kappa shape index (κ2) is 4.50. The van der Waals surface area contributed by atoms with Gasteiger partial charge in [-0.2, -0.15) is 4.99 Å². The van der Waals surface area contributed by atoms with E-state index in [1.165, 1.54) is 0 Å². The molecule has 6 heteroatoms. The molecule has 0 unspecified atom stereocenters. The van der Waals surface area contributed by atoms with Gasteiger partial charge < -0.3 is 11.5 Å². The molecule has 0 aliphatic heterocycles. The first kappa shape index (κ1) is 10.4. The van der Waals surface area contributed by atoms with E-state index >= 15 is 0 Å². The summed E-state index contributed by atoms with van der Waals surface area (Å²) in [5, 5.41) is 5.08. The number of rotatable bonds is 4. The molecule has 0 aromatic carbocycles. The molecule has 0 saturated carbocycles. The summed E-state index contributed by atoms with van der Waals surface area (Å²) in [6.45, 7) is 2.06. The highest BCUT2D eigenvalue weighted by atomic mass is 16.1. The molecule has 6 nitrogen and oxygen atoms in total. The van der Waals surface area contributed by atoms with Gasteiger partial charge in [0.25, 0.3) is 5.56 Å². The van der Waals surface area contributed by atoms with Gasteiger partial charge in [-0.25, -0.2) is 0 Å². The Kier molecular flexibility index (Phi) is 3.33. The van der Waals surface area contributed by atoms with Crippen molar-refractivity contribution in [3.05, 3.63) is 15.9 Å². The minimum absolute atomic E-state index is 0.0574. The molecule has 1 heterocycles. The van der Waals surface area contributed by atoms with E-state index in [4.69, 9.17) is 11.5 Å². The van der Waals surface area contributed by atoms with Crippen LogP contribution in [0.25, 0.3) is 0 Å². The van der Waals surface area contributed by atoms with Crippen molar-refractivity contribution in [1.29, 1.82) is 0 Å². The lowest BCUT2D eigenvalue weighted by Crippen LogP contribution is -2.22. The van der Waals surface area contributed by atoms with Gasteiger partial charge in [0.05, 0.1) is 5.56 Å². The molecule has 0 spiro atoms. The average molecular weight is 197 g/mol. The monoisotopic (exact) mass is 197 g/mol. The molecular weight excluding hydrogens is 182 g/mol. The van der Waals surface area contributed by atoms with Gasteiger partial charge in [-0.05, 0) is 12.8 Å². The van der Waals surface area contributed by atoms with Crippen molar-refractivity contribution in [3.8, 4) is 0 Å². The van der Waals surface area contributed by atoms with Crippen LogP contribution in [-0.2, 0) is 6.42 Å². The van der Waals surface area contributed by atoms with Crippen molar-refractivity contribution < 1.29 is 0 Å². The molecule has 0 atom stereocenters. The Morgan fingerprint density at radius 1 is 1.43 bits per heavy atom. The molecule has 0 bridgehead atoms. The van der Waals surface area contributed by atoms with Gasteiger partial charge in [0.15, 0.2) is 11.8 Å². The summed E-state index contributed by atoms with van der Waals surface area (Å²) < 4.78 is 0. The van der Waals surface area contributed by atoms with Crippen molar-refractivity contribution in [2.45, 2.75) is 26.2 Å². The maximum atomic E-state index is 11.3. The fraction of sp³-hybridized carbons (Fsp3) is 0.500. The Morgan fingerprint density at radius 2 is 2.14 bits per heavy atom. The molecule has 0 fully saturated rings. The number of nitrogens with two attached hydrogens (primary N) is 2. The number of aliphatic imine (C=N–C) groups is 1. The van der Waals surface area contributed by atoms with E-state index in [9.17, 15) is 4.79 Å². The lowest BCUT2D eigenvalue weighted by molar-refractivity contribution is 0.792. The zero-order valence-electron chi connectivity index (χ0n) is 8.13. The zero-order chi connectivity index (χ0) is 10.6. The predicted octanol–water partition coefficient (Wildman–Crippen LogP) is -0.0495. The fourth-order valence-electron chi connectivity index (χ4n) is 1.18. The Labute approximate surface area is 81.4 Å². The highest BCUT2D eigenvalue weighted by Gasteiger charge is 2.08. The van der Waals surface area contributed by atoms with Crippen LogP contribution in [0.3, 0.4) is 0 Å². The summed E-state index contributed by atoms with van der Waals surface area (Å²) in [6.07, 6.45) is 2.64. The largest absolute Gasteiger partial charge is 0.370 e. The Bertz CT molecular complexity index is 371. The van der Waals surface area contributed by atoms with Crippen LogP contribution in [0.1, 0.15) is 25.3 Å². The Hall–Kier alpha value is -1.72. The number of hydrogen-bond donors (Lipinski definition) is 4. The molecule has 0 amide bonds. The van der Waals surface area contributed by atoms with Gasteiger partial charge in [0, 0.05) is 0 Å². The van der Waals surface area contributed by atoms with Crippen LogP contribution in [0, 0.1) is 0 Å². The molecule has 14 heavy (non-hydrogen) atoms. The number of H-pyrrole nitrogens is 2. The third-order valence-corrected chi connectivity index (χ3v) is 1.88. The van der Waals surface area contributed by atoms with E-state index in [2.05, 4.69) is 22.1 Å². The maximum absolute atomic E-state index is 11.3. The Balaban J connectivity index is 2.94. The minimum atomic E-state index is -0.154. The average Bonchev–Trinajstić information content (AvgIpc) is 2.44. The van der Waals surface area contributed by atoms with Gasteiger partial charge in [-0.1, -0.05) is 13.3 Å². The number of unbranched alkanes of at least 4 members (excludes halogenated alkanes) is 1. The number of hydrogen-bond acceptors (Lipinski definition) is 2. The smallest absolute Gasteiger partial charge is 0.269 e. The number of nitrogens with one attached hydrogen (secondary N) is 2. The number of aromatic amines is 2. The first-order chi connectivity index (χ1) is 6.65. The van der Waals surface area contributed by atoms with E-state index in [-0.39, 0.29) is 11.5 Å². The van der Waals surface area contributed by atoms with Crippen molar-refractivity contribution in [1.82, 2.24) is 10.2 Å². The van der Waals surface area contributed by atoms with E-state index in [0.29, 0.717) is 17.8 Å². The maximum Gasteiger partial charge on any atom is 0.269 e. The van der Waals surface area contributed by atoms with E-state index in [1.54, 1.807) is 0 Å². The molecule has 1 aromatic rings. The van der Waals surface area contributed by atoms with Crippen molar-refractivity contribution >= 4 is 11.8 Å². The summed E-state index contributed by atoms with van der Waals surface area (Å²) >= 11 is 0. The van der Waals surface area contributed by atoms with Gasteiger partial charge in [-0.3, -0.25) is 15.0 Å². The minimum Gasteiger partial charge on any atom is -0.370 e. The van der Waals surface area contributed by atoms with Gasteiger partial charge in [0.1, 0.15) is 0 Å². The topological polar surface area (TPSA) is 113 Å². The highest BCUT2D eigenvalue weighted by Crippen LogP contribution is 2.12. The summed E-state index contributed by atoms with van der Waals surface area (Å²) in [5.74, 6) is 0.376. The quantitative estimate of drug-likeness (QED) is 0.401. The molecule has 78 valence electrons. The molecule has 0 saturated heterocycles. The van der Waals surface area contributed by atoms with Crippen LogP contribution in [-0.4, -0.2) is 16.2 Å². The second-order valence-corrected chi connectivity index (χ2v) is 3.05. The first-order valence-corrected chi connectivity index (χ1v) is 4.54. The van der Waals surface area contributed by atoms with Crippen LogP contribution in [0.4, 0.5) is 5.82 Å². The summed E-state index contributed by atoms with van der Waals surface area (Å²) in [4.78, 5) is 15.1. The molecule has 0 aliphatic carbocycles. The van der Waals surface area contributed by atoms with Gasteiger partial charge >= 0.3 is 0 Å². The number of nitrogens with zero attached hydrogens (tertiary/aromatic N) is 1. The molecule has 1 rings (SSSR count).